The number of alkyl halides is 3. The predicted molar refractivity (Wildman–Crippen MR) is 88.9 cm³/mol. The Morgan fingerprint density at radius 3 is 2.76 bits per heavy atom. The first-order valence-electron chi connectivity index (χ1n) is 8.36. The van der Waals surface area contributed by atoms with Gasteiger partial charge < -0.3 is 10.2 Å². The van der Waals surface area contributed by atoms with Gasteiger partial charge in [0.2, 0.25) is 5.91 Å². The fourth-order valence-corrected chi connectivity index (χ4v) is 2.98. The maximum absolute atomic E-state index is 12.8. The number of anilines is 1. The molecule has 1 atom stereocenters. The van der Waals surface area contributed by atoms with Crippen LogP contribution in [0.2, 0.25) is 0 Å². The van der Waals surface area contributed by atoms with Gasteiger partial charge in [0, 0.05) is 25.6 Å². The lowest BCUT2D eigenvalue weighted by Crippen LogP contribution is -2.42. The number of nitrogens with one attached hydrogen (secondary N) is 1. The van der Waals surface area contributed by atoms with Gasteiger partial charge in [-0.1, -0.05) is 13.8 Å². The zero-order valence-corrected chi connectivity index (χ0v) is 14.4. The number of rotatable bonds is 4. The summed E-state index contributed by atoms with van der Waals surface area (Å²) in [5.41, 5.74) is -0.261. The second kappa shape index (κ2) is 7.77. The highest BCUT2D eigenvalue weighted by atomic mass is 19.4. The van der Waals surface area contributed by atoms with Gasteiger partial charge in [-0.15, -0.1) is 0 Å². The van der Waals surface area contributed by atoms with Crippen molar-refractivity contribution in [1.29, 1.82) is 5.26 Å². The van der Waals surface area contributed by atoms with Crippen molar-refractivity contribution < 1.29 is 18.0 Å². The highest BCUT2D eigenvalue weighted by Crippen LogP contribution is 2.33. The summed E-state index contributed by atoms with van der Waals surface area (Å²) >= 11 is 0. The first-order chi connectivity index (χ1) is 11.7. The smallest absolute Gasteiger partial charge is 0.370 e. The van der Waals surface area contributed by atoms with E-state index in [9.17, 15) is 23.2 Å². The maximum atomic E-state index is 12.8. The molecule has 0 aliphatic carbocycles. The molecule has 0 aromatic heterocycles. The highest BCUT2D eigenvalue weighted by Gasteiger charge is 2.32. The van der Waals surface area contributed by atoms with Gasteiger partial charge in [-0.25, -0.2) is 0 Å². The molecule has 0 spiro atoms. The fraction of sp³-hybridized carbons (Fsp3) is 0.556. The lowest BCUT2D eigenvalue weighted by Gasteiger charge is -2.35. The molecule has 25 heavy (non-hydrogen) atoms. The Kier molecular flexibility index (Phi) is 5.93. The fourth-order valence-electron chi connectivity index (χ4n) is 2.98. The van der Waals surface area contributed by atoms with Crippen molar-refractivity contribution in [3.05, 3.63) is 29.3 Å². The number of nitriles is 1. The Morgan fingerprint density at radius 2 is 2.16 bits per heavy atom. The molecular formula is C18H22F3N3O. The minimum absolute atomic E-state index is 0.00984. The third-order valence-corrected chi connectivity index (χ3v) is 4.39. The van der Waals surface area contributed by atoms with Crippen LogP contribution in [0, 0.1) is 23.2 Å². The first-order valence-corrected chi connectivity index (χ1v) is 8.36. The molecule has 1 saturated heterocycles. The van der Waals surface area contributed by atoms with Crippen LogP contribution < -0.4 is 10.2 Å². The molecule has 1 N–H and O–H groups in total. The minimum atomic E-state index is -4.46. The number of carbonyl (C=O) groups is 1. The van der Waals surface area contributed by atoms with E-state index < -0.39 is 11.7 Å². The second-order valence-electron chi connectivity index (χ2n) is 6.70. The van der Waals surface area contributed by atoms with Crippen molar-refractivity contribution in [2.45, 2.75) is 32.9 Å². The Balaban J connectivity index is 2.10. The van der Waals surface area contributed by atoms with E-state index in [-0.39, 0.29) is 23.3 Å². The van der Waals surface area contributed by atoms with Crippen LogP contribution in [0.1, 0.15) is 37.8 Å². The average molecular weight is 353 g/mol. The van der Waals surface area contributed by atoms with Crippen molar-refractivity contribution in [3.63, 3.8) is 0 Å². The van der Waals surface area contributed by atoms with Gasteiger partial charge in [-0.05, 0) is 37.0 Å². The lowest BCUT2D eigenvalue weighted by atomic mass is 9.96. The summed E-state index contributed by atoms with van der Waals surface area (Å²) in [6.07, 6.45) is -2.65. The molecule has 0 bridgehead atoms. The molecule has 1 aliphatic heterocycles. The molecule has 136 valence electrons. The third kappa shape index (κ3) is 4.88. The molecule has 1 amide bonds. The molecule has 1 unspecified atom stereocenters. The number of halogens is 3. The third-order valence-electron chi connectivity index (χ3n) is 4.39. The van der Waals surface area contributed by atoms with Gasteiger partial charge in [0.05, 0.1) is 16.8 Å². The summed E-state index contributed by atoms with van der Waals surface area (Å²) in [7, 11) is 0. The summed E-state index contributed by atoms with van der Waals surface area (Å²) in [4.78, 5) is 13.6. The first kappa shape index (κ1) is 19.1. The van der Waals surface area contributed by atoms with Gasteiger partial charge >= 0.3 is 6.18 Å². The standard InChI is InChI=1S/C18H22F3N3O/c1-12(2)17(25)23-10-13-4-3-7-24(11-13)16-6-5-15(18(19,20)21)8-14(16)9-22/h5-6,8,12-13H,3-4,7,10-11H2,1-2H3,(H,23,25). The number of nitrogens with zero attached hydrogens (tertiary/aromatic N) is 2. The number of benzene rings is 1. The monoisotopic (exact) mass is 353 g/mol. The summed E-state index contributed by atoms with van der Waals surface area (Å²) in [6.45, 7) is 5.48. The van der Waals surface area contributed by atoms with E-state index in [2.05, 4.69) is 5.32 Å². The van der Waals surface area contributed by atoms with Crippen LogP contribution in [0.3, 0.4) is 0 Å². The molecule has 2 rings (SSSR count). The van der Waals surface area contributed by atoms with Crippen LogP contribution in [0.5, 0.6) is 0 Å². The van der Waals surface area contributed by atoms with Crippen LogP contribution >= 0.6 is 0 Å². The van der Waals surface area contributed by atoms with Crippen molar-refractivity contribution >= 4 is 11.6 Å². The molecule has 4 nitrogen and oxygen atoms in total. The lowest BCUT2D eigenvalue weighted by molar-refractivity contribution is -0.137. The molecule has 7 heteroatoms. The van der Waals surface area contributed by atoms with Crippen molar-refractivity contribution in [1.82, 2.24) is 5.32 Å². The Labute approximate surface area is 145 Å². The number of hydrogen-bond donors (Lipinski definition) is 1. The molecule has 1 aliphatic rings. The number of piperidine rings is 1. The molecule has 1 aromatic rings. The summed E-state index contributed by atoms with van der Waals surface area (Å²) < 4.78 is 38.5. The summed E-state index contributed by atoms with van der Waals surface area (Å²) in [6, 6.07) is 5.16. The molecule has 1 aromatic carbocycles. The van der Waals surface area contributed by atoms with Crippen LogP contribution in [0.25, 0.3) is 0 Å². The van der Waals surface area contributed by atoms with Gasteiger partial charge in [0.25, 0.3) is 0 Å². The van der Waals surface area contributed by atoms with Crippen molar-refractivity contribution in [3.8, 4) is 6.07 Å². The largest absolute Gasteiger partial charge is 0.416 e. The van der Waals surface area contributed by atoms with Crippen LogP contribution in [0.4, 0.5) is 18.9 Å². The van der Waals surface area contributed by atoms with Crippen LogP contribution in [-0.4, -0.2) is 25.5 Å². The zero-order valence-electron chi connectivity index (χ0n) is 14.4. The van der Waals surface area contributed by atoms with Crippen LogP contribution in [0.15, 0.2) is 18.2 Å². The van der Waals surface area contributed by atoms with Gasteiger partial charge in [-0.3, -0.25) is 4.79 Å². The topological polar surface area (TPSA) is 56.1 Å². The van der Waals surface area contributed by atoms with E-state index in [1.807, 2.05) is 24.8 Å². The molecular weight excluding hydrogens is 331 g/mol. The summed E-state index contributed by atoms with van der Waals surface area (Å²) in [5, 5.41) is 12.1. The minimum Gasteiger partial charge on any atom is -0.370 e. The van der Waals surface area contributed by atoms with Gasteiger partial charge in [-0.2, -0.15) is 18.4 Å². The highest BCUT2D eigenvalue weighted by molar-refractivity contribution is 5.77. The number of carbonyl (C=O) groups excluding carboxylic acids is 1. The van der Waals surface area contributed by atoms with E-state index in [0.29, 0.717) is 25.3 Å². The van der Waals surface area contributed by atoms with Gasteiger partial charge in [0.1, 0.15) is 6.07 Å². The Bertz CT molecular complexity index is 665. The number of amides is 1. The van der Waals surface area contributed by atoms with E-state index in [1.165, 1.54) is 6.07 Å². The number of hydrogen-bond acceptors (Lipinski definition) is 3. The summed E-state index contributed by atoms with van der Waals surface area (Å²) in [5.74, 6) is 0.120. The quantitative estimate of drug-likeness (QED) is 0.900. The van der Waals surface area contributed by atoms with Crippen molar-refractivity contribution in [2.24, 2.45) is 11.8 Å². The Morgan fingerprint density at radius 1 is 1.44 bits per heavy atom. The van der Waals surface area contributed by atoms with Crippen LogP contribution in [-0.2, 0) is 11.0 Å². The second-order valence-corrected chi connectivity index (χ2v) is 6.70. The average Bonchev–Trinajstić information content (AvgIpc) is 2.58. The predicted octanol–water partition coefficient (Wildman–Crippen LogP) is 3.57. The zero-order chi connectivity index (χ0) is 18.6. The van der Waals surface area contributed by atoms with E-state index in [1.54, 1.807) is 0 Å². The van der Waals surface area contributed by atoms with E-state index >= 15 is 0 Å². The Hall–Kier alpha value is -2.23. The van der Waals surface area contributed by atoms with Crippen molar-refractivity contribution in [2.75, 3.05) is 24.5 Å². The normalized spacial score (nSPS) is 18.1. The SMILES string of the molecule is CC(C)C(=O)NCC1CCCN(c2ccc(C(F)(F)F)cc2C#N)C1. The molecule has 1 heterocycles. The van der Waals surface area contributed by atoms with Gasteiger partial charge in [0.15, 0.2) is 0 Å². The maximum Gasteiger partial charge on any atom is 0.416 e. The van der Waals surface area contributed by atoms with E-state index in [4.69, 9.17) is 0 Å². The molecule has 1 fully saturated rings. The molecule has 0 radical (unpaired) electrons. The van der Waals surface area contributed by atoms with E-state index in [0.717, 1.165) is 25.0 Å². The molecule has 0 saturated carbocycles.